The van der Waals surface area contributed by atoms with Crippen molar-refractivity contribution < 1.29 is 9.47 Å². The van der Waals surface area contributed by atoms with Gasteiger partial charge in [0.1, 0.15) is 11.6 Å². The van der Waals surface area contributed by atoms with Crippen LogP contribution < -0.4 is 4.90 Å². The van der Waals surface area contributed by atoms with Crippen LogP contribution in [0.2, 0.25) is 0 Å². The number of hydrogen-bond acceptors (Lipinski definition) is 9. The standard InChI is InChI=1S/C28H35N9O2/c1-3-23-29-21-6-4-5-7-22(21)37(23)28-31-26-25(27(32-28)34-8-10-38-11-9-34)30-24(33(26)2)15-35-13-19-12-18(35)14-36(19)20-16-39-17-20/h4-7,18-20H,3,8-17H2,1-2H3/t18-,19-/m0/s1. The van der Waals surface area contributed by atoms with Crippen molar-refractivity contribution in [3.8, 4) is 5.95 Å². The quantitative estimate of drug-likeness (QED) is 0.371. The molecule has 39 heavy (non-hydrogen) atoms. The van der Waals surface area contributed by atoms with E-state index in [1.54, 1.807) is 0 Å². The Bertz CT molecular complexity index is 1540. The first kappa shape index (κ1) is 23.7. The van der Waals surface area contributed by atoms with E-state index in [1.165, 1.54) is 6.42 Å². The molecule has 8 rings (SSSR count). The highest BCUT2D eigenvalue weighted by molar-refractivity contribution is 5.86. The van der Waals surface area contributed by atoms with Crippen molar-refractivity contribution in [2.75, 3.05) is 57.5 Å². The Morgan fingerprint density at radius 2 is 1.74 bits per heavy atom. The second-order valence-corrected chi connectivity index (χ2v) is 11.3. The van der Waals surface area contributed by atoms with E-state index in [4.69, 9.17) is 29.4 Å². The molecule has 4 aromatic rings. The van der Waals surface area contributed by atoms with Crippen molar-refractivity contribution in [3.05, 3.63) is 35.9 Å². The van der Waals surface area contributed by atoms with Crippen LogP contribution >= 0.6 is 0 Å². The molecular formula is C28H35N9O2. The summed E-state index contributed by atoms with van der Waals surface area (Å²) in [7, 11) is 2.10. The summed E-state index contributed by atoms with van der Waals surface area (Å²) < 4.78 is 15.4. The zero-order valence-electron chi connectivity index (χ0n) is 22.7. The van der Waals surface area contributed by atoms with E-state index in [0.29, 0.717) is 37.3 Å². The van der Waals surface area contributed by atoms with Gasteiger partial charge >= 0.3 is 0 Å². The van der Waals surface area contributed by atoms with E-state index in [-0.39, 0.29) is 0 Å². The first-order valence-corrected chi connectivity index (χ1v) is 14.3. The first-order chi connectivity index (χ1) is 19.2. The number of aromatic nitrogens is 6. The summed E-state index contributed by atoms with van der Waals surface area (Å²) in [4.78, 5) is 28.0. The summed E-state index contributed by atoms with van der Waals surface area (Å²) in [5, 5.41) is 0. The van der Waals surface area contributed by atoms with Crippen LogP contribution in [0.1, 0.15) is 25.0 Å². The van der Waals surface area contributed by atoms with Crippen molar-refractivity contribution in [3.63, 3.8) is 0 Å². The Hall–Kier alpha value is -3.12. The van der Waals surface area contributed by atoms with Crippen LogP contribution in [0.15, 0.2) is 24.3 Å². The van der Waals surface area contributed by atoms with Crippen LogP contribution in [-0.2, 0) is 29.5 Å². The normalized spacial score (nSPS) is 24.4. The number of morpholine rings is 1. The van der Waals surface area contributed by atoms with Crippen molar-refractivity contribution in [1.82, 2.24) is 38.9 Å². The second kappa shape index (κ2) is 9.22. The number of benzene rings is 1. The summed E-state index contributed by atoms with van der Waals surface area (Å²) in [6, 6.07) is 10.1. The van der Waals surface area contributed by atoms with E-state index >= 15 is 0 Å². The summed E-state index contributed by atoms with van der Waals surface area (Å²) in [5.74, 6) is 3.55. The highest BCUT2D eigenvalue weighted by Crippen LogP contribution is 2.35. The molecule has 0 unspecified atom stereocenters. The monoisotopic (exact) mass is 529 g/mol. The molecule has 4 aliphatic rings. The van der Waals surface area contributed by atoms with Gasteiger partial charge in [0.05, 0.1) is 50.0 Å². The van der Waals surface area contributed by atoms with Gasteiger partial charge < -0.3 is 18.9 Å². The van der Waals surface area contributed by atoms with Gasteiger partial charge in [-0.3, -0.25) is 14.4 Å². The molecular weight excluding hydrogens is 494 g/mol. The minimum Gasteiger partial charge on any atom is -0.378 e. The molecule has 2 bridgehead atoms. The second-order valence-electron chi connectivity index (χ2n) is 11.3. The fourth-order valence-corrected chi connectivity index (χ4v) is 6.87. The molecule has 11 nitrogen and oxygen atoms in total. The van der Waals surface area contributed by atoms with Crippen molar-refractivity contribution in [1.29, 1.82) is 0 Å². The molecule has 204 valence electrons. The molecule has 2 atom stereocenters. The number of para-hydroxylation sites is 2. The van der Waals surface area contributed by atoms with Crippen LogP contribution in [-0.4, -0.2) is 110 Å². The SMILES string of the molecule is CCc1nc2ccccc2n1-c1nc(N2CCOCC2)c2nc(CN3C[C@@H]4C[C@H]3CN4C3COC3)n(C)c2n1. The Labute approximate surface area is 227 Å². The van der Waals surface area contributed by atoms with Crippen LogP contribution in [0.25, 0.3) is 28.1 Å². The molecule has 0 radical (unpaired) electrons. The molecule has 0 spiro atoms. The number of piperazine rings is 1. The maximum Gasteiger partial charge on any atom is 0.239 e. The fraction of sp³-hybridized carbons (Fsp3) is 0.571. The summed E-state index contributed by atoms with van der Waals surface area (Å²) in [6.07, 6.45) is 2.04. The number of anilines is 1. The van der Waals surface area contributed by atoms with E-state index in [2.05, 4.69) is 49.9 Å². The minimum atomic E-state index is 0.584. The lowest BCUT2D eigenvalue weighted by Gasteiger charge is -2.42. The molecule has 4 aliphatic heterocycles. The van der Waals surface area contributed by atoms with Gasteiger partial charge in [-0.25, -0.2) is 9.97 Å². The third-order valence-corrected chi connectivity index (χ3v) is 9.07. The molecule has 3 aromatic heterocycles. The predicted molar refractivity (Wildman–Crippen MR) is 147 cm³/mol. The van der Waals surface area contributed by atoms with Gasteiger partial charge in [-0.1, -0.05) is 19.1 Å². The number of likely N-dealkylation sites (tertiary alicyclic amines) is 2. The lowest BCUT2D eigenvalue weighted by atomic mass is 10.1. The Morgan fingerprint density at radius 1 is 0.897 bits per heavy atom. The molecule has 0 aliphatic carbocycles. The molecule has 11 heteroatoms. The minimum absolute atomic E-state index is 0.584. The van der Waals surface area contributed by atoms with Gasteiger partial charge in [0.15, 0.2) is 17.0 Å². The van der Waals surface area contributed by atoms with E-state index in [1.807, 2.05) is 12.1 Å². The molecule has 4 saturated heterocycles. The molecule has 7 heterocycles. The molecule has 0 N–H and O–H groups in total. The summed E-state index contributed by atoms with van der Waals surface area (Å²) in [5.41, 5.74) is 3.73. The van der Waals surface area contributed by atoms with Gasteiger partial charge in [0.25, 0.3) is 0 Å². The Balaban J connectivity index is 1.19. The maximum absolute atomic E-state index is 5.67. The third kappa shape index (κ3) is 3.78. The smallest absolute Gasteiger partial charge is 0.239 e. The third-order valence-electron chi connectivity index (χ3n) is 9.07. The number of aryl methyl sites for hydroxylation is 2. The topological polar surface area (TPSA) is 89.6 Å². The Morgan fingerprint density at radius 3 is 2.49 bits per heavy atom. The largest absolute Gasteiger partial charge is 0.378 e. The molecule has 0 amide bonds. The lowest BCUT2D eigenvalue weighted by molar-refractivity contribution is -0.0806. The van der Waals surface area contributed by atoms with Crippen LogP contribution in [0.4, 0.5) is 5.82 Å². The van der Waals surface area contributed by atoms with Gasteiger partial charge in [-0.05, 0) is 18.6 Å². The van der Waals surface area contributed by atoms with Crippen molar-refractivity contribution >= 4 is 28.0 Å². The maximum atomic E-state index is 5.67. The zero-order chi connectivity index (χ0) is 26.1. The number of rotatable bonds is 6. The van der Waals surface area contributed by atoms with E-state index < -0.39 is 0 Å². The first-order valence-electron chi connectivity index (χ1n) is 14.3. The molecule has 0 saturated carbocycles. The van der Waals surface area contributed by atoms with Crippen molar-refractivity contribution in [2.45, 2.75) is 44.4 Å². The number of hydrogen-bond donors (Lipinski definition) is 0. The van der Waals surface area contributed by atoms with Crippen LogP contribution in [0, 0.1) is 0 Å². The van der Waals surface area contributed by atoms with Gasteiger partial charge in [-0.15, -0.1) is 0 Å². The highest BCUT2D eigenvalue weighted by Gasteiger charge is 2.47. The number of nitrogens with zero attached hydrogens (tertiary/aromatic N) is 9. The van der Waals surface area contributed by atoms with E-state index in [9.17, 15) is 0 Å². The average molecular weight is 530 g/mol. The summed E-state index contributed by atoms with van der Waals surface area (Å²) in [6.45, 7) is 9.94. The number of fused-ring (bicyclic) bond motifs is 4. The van der Waals surface area contributed by atoms with Gasteiger partial charge in [-0.2, -0.15) is 9.97 Å². The van der Waals surface area contributed by atoms with E-state index in [0.717, 1.165) is 92.0 Å². The lowest BCUT2D eigenvalue weighted by Crippen LogP contribution is -2.56. The average Bonchev–Trinajstić information content (AvgIpc) is 3.70. The predicted octanol–water partition coefficient (Wildman–Crippen LogP) is 1.76. The fourth-order valence-electron chi connectivity index (χ4n) is 6.87. The number of imidazole rings is 2. The van der Waals surface area contributed by atoms with Crippen molar-refractivity contribution in [2.24, 2.45) is 7.05 Å². The van der Waals surface area contributed by atoms with Gasteiger partial charge in [0.2, 0.25) is 5.95 Å². The molecule has 4 fully saturated rings. The van der Waals surface area contributed by atoms with Gasteiger partial charge in [0, 0.05) is 51.7 Å². The summed E-state index contributed by atoms with van der Waals surface area (Å²) >= 11 is 0. The molecule has 1 aromatic carbocycles. The highest BCUT2D eigenvalue weighted by atomic mass is 16.5. The van der Waals surface area contributed by atoms with Crippen LogP contribution in [0.3, 0.4) is 0 Å². The van der Waals surface area contributed by atoms with Crippen LogP contribution in [0.5, 0.6) is 0 Å². The number of ether oxygens (including phenoxy) is 2. The zero-order valence-corrected chi connectivity index (χ0v) is 22.7. The Kier molecular flexibility index (Phi) is 5.62.